The summed E-state index contributed by atoms with van der Waals surface area (Å²) < 4.78 is 32.7. The Kier molecular flexibility index (Phi) is 7.18. The van der Waals surface area contributed by atoms with Gasteiger partial charge in [0, 0.05) is 38.6 Å². The largest absolute Gasteiger partial charge is 0.469 e. The van der Waals surface area contributed by atoms with Gasteiger partial charge in [-0.15, -0.1) is 0 Å². The second-order valence-electron chi connectivity index (χ2n) is 7.41. The van der Waals surface area contributed by atoms with Crippen LogP contribution in [0.1, 0.15) is 51.2 Å². The Morgan fingerprint density at radius 1 is 1.30 bits per heavy atom. The zero-order valence-corrected chi connectivity index (χ0v) is 17.0. The van der Waals surface area contributed by atoms with Gasteiger partial charge in [-0.3, -0.25) is 4.99 Å². The number of hydrogen-bond donors (Lipinski definition) is 2. The Morgan fingerprint density at radius 2 is 2.11 bits per heavy atom. The summed E-state index contributed by atoms with van der Waals surface area (Å²) in [6, 6.07) is 4.28. The Balaban J connectivity index is 1.65. The van der Waals surface area contributed by atoms with Gasteiger partial charge in [0.2, 0.25) is 10.0 Å². The van der Waals surface area contributed by atoms with E-state index in [0.717, 1.165) is 31.0 Å². The molecule has 7 nitrogen and oxygen atoms in total. The van der Waals surface area contributed by atoms with Crippen molar-refractivity contribution in [1.82, 2.24) is 14.9 Å². The summed E-state index contributed by atoms with van der Waals surface area (Å²) in [6.45, 7) is 4.09. The third kappa shape index (κ3) is 5.72. The lowest BCUT2D eigenvalue weighted by molar-refractivity contribution is 0.389. The fraction of sp³-hybridized carbons (Fsp3) is 0.737. The molecule has 1 saturated heterocycles. The molecule has 0 bridgehead atoms. The van der Waals surface area contributed by atoms with Crippen LogP contribution in [-0.2, 0) is 16.4 Å². The zero-order chi connectivity index (χ0) is 19.1. The molecule has 2 N–H and O–H groups in total. The van der Waals surface area contributed by atoms with Crippen LogP contribution in [0.4, 0.5) is 0 Å². The molecule has 0 aromatic carbocycles. The maximum Gasteiger partial charge on any atom is 0.216 e. The van der Waals surface area contributed by atoms with Crippen molar-refractivity contribution in [3.63, 3.8) is 0 Å². The smallest absolute Gasteiger partial charge is 0.216 e. The molecular weight excluding hydrogens is 364 g/mol. The average molecular weight is 397 g/mol. The number of sulfonamides is 1. The number of likely N-dealkylation sites (tertiary alicyclic amines) is 1. The molecule has 2 aliphatic rings. The van der Waals surface area contributed by atoms with Crippen LogP contribution >= 0.6 is 0 Å². The minimum Gasteiger partial charge on any atom is -0.469 e. The van der Waals surface area contributed by atoms with Gasteiger partial charge in [-0.25, -0.2) is 13.1 Å². The number of rotatable bonds is 7. The molecule has 2 fully saturated rings. The highest BCUT2D eigenvalue weighted by Crippen LogP contribution is 2.20. The SMILES string of the molecule is CCNS(=O)(=O)C1CCN(C(=NCCc2ccco2)NC2CCCCC2)C1. The van der Waals surface area contributed by atoms with Crippen LogP contribution < -0.4 is 10.0 Å². The zero-order valence-electron chi connectivity index (χ0n) is 16.2. The van der Waals surface area contributed by atoms with Crippen molar-refractivity contribution in [3.8, 4) is 0 Å². The van der Waals surface area contributed by atoms with E-state index in [2.05, 4.69) is 14.9 Å². The molecule has 3 rings (SSSR count). The second kappa shape index (κ2) is 9.59. The van der Waals surface area contributed by atoms with Crippen LogP contribution in [0.5, 0.6) is 0 Å². The van der Waals surface area contributed by atoms with E-state index in [1.165, 1.54) is 19.3 Å². The van der Waals surface area contributed by atoms with E-state index in [-0.39, 0.29) is 5.25 Å². The number of nitrogens with one attached hydrogen (secondary N) is 2. The molecule has 8 heteroatoms. The predicted molar refractivity (Wildman–Crippen MR) is 107 cm³/mol. The number of furan rings is 1. The van der Waals surface area contributed by atoms with Gasteiger partial charge in [0.25, 0.3) is 0 Å². The fourth-order valence-electron chi connectivity index (χ4n) is 3.89. The lowest BCUT2D eigenvalue weighted by atomic mass is 9.96. The summed E-state index contributed by atoms with van der Waals surface area (Å²) in [5.74, 6) is 1.77. The van der Waals surface area contributed by atoms with Crippen LogP contribution in [0.2, 0.25) is 0 Å². The van der Waals surface area contributed by atoms with Crippen molar-refractivity contribution >= 4 is 16.0 Å². The molecule has 1 atom stereocenters. The van der Waals surface area contributed by atoms with E-state index in [1.807, 2.05) is 19.1 Å². The van der Waals surface area contributed by atoms with Crippen LogP contribution in [0.15, 0.2) is 27.8 Å². The summed E-state index contributed by atoms with van der Waals surface area (Å²) in [4.78, 5) is 6.90. The van der Waals surface area contributed by atoms with Crippen molar-refractivity contribution in [2.75, 3.05) is 26.2 Å². The maximum atomic E-state index is 12.3. The van der Waals surface area contributed by atoms with Crippen molar-refractivity contribution in [2.24, 2.45) is 4.99 Å². The fourth-order valence-corrected chi connectivity index (χ4v) is 5.32. The highest BCUT2D eigenvalue weighted by Gasteiger charge is 2.34. The van der Waals surface area contributed by atoms with Gasteiger partial charge in [-0.05, 0) is 31.4 Å². The standard InChI is InChI=1S/C19H32N4O3S/c1-2-21-27(24,25)18-11-13-23(15-18)19(22-16-7-4-3-5-8-16)20-12-10-17-9-6-14-26-17/h6,9,14,16,18,21H,2-5,7-8,10-13,15H2,1H3,(H,20,22). The van der Waals surface area contributed by atoms with E-state index in [4.69, 9.17) is 9.41 Å². The monoisotopic (exact) mass is 396 g/mol. The topological polar surface area (TPSA) is 86.9 Å². The van der Waals surface area contributed by atoms with E-state index in [9.17, 15) is 8.42 Å². The van der Waals surface area contributed by atoms with Gasteiger partial charge in [0.1, 0.15) is 5.76 Å². The lowest BCUT2D eigenvalue weighted by Gasteiger charge is -2.29. The highest BCUT2D eigenvalue weighted by molar-refractivity contribution is 7.90. The Bertz CT molecular complexity index is 697. The van der Waals surface area contributed by atoms with Gasteiger partial charge >= 0.3 is 0 Å². The minimum absolute atomic E-state index is 0.374. The van der Waals surface area contributed by atoms with Crippen molar-refractivity contribution in [1.29, 1.82) is 0 Å². The van der Waals surface area contributed by atoms with Crippen molar-refractivity contribution in [2.45, 2.75) is 63.2 Å². The quantitative estimate of drug-likeness (QED) is 0.544. The number of nitrogens with zero attached hydrogens (tertiary/aromatic N) is 2. The van der Waals surface area contributed by atoms with E-state index in [1.54, 1.807) is 6.26 Å². The van der Waals surface area contributed by atoms with E-state index in [0.29, 0.717) is 38.6 Å². The van der Waals surface area contributed by atoms with E-state index < -0.39 is 10.0 Å². The highest BCUT2D eigenvalue weighted by atomic mass is 32.2. The second-order valence-corrected chi connectivity index (χ2v) is 9.46. The molecule has 1 aliphatic carbocycles. The molecule has 1 saturated carbocycles. The first-order valence-corrected chi connectivity index (χ1v) is 11.7. The van der Waals surface area contributed by atoms with Crippen LogP contribution in [0.25, 0.3) is 0 Å². The normalized spacial score (nSPS) is 22.3. The average Bonchev–Trinajstić information content (AvgIpc) is 3.34. The predicted octanol–water partition coefficient (Wildman–Crippen LogP) is 2.11. The summed E-state index contributed by atoms with van der Waals surface area (Å²) in [5.41, 5.74) is 0. The van der Waals surface area contributed by atoms with Crippen LogP contribution in [-0.4, -0.2) is 56.7 Å². The molecular formula is C19H32N4O3S. The molecule has 2 heterocycles. The third-order valence-corrected chi connectivity index (χ3v) is 7.32. The van der Waals surface area contributed by atoms with Gasteiger partial charge < -0.3 is 14.6 Å². The van der Waals surface area contributed by atoms with Crippen LogP contribution in [0, 0.1) is 0 Å². The van der Waals surface area contributed by atoms with Crippen molar-refractivity contribution < 1.29 is 12.8 Å². The molecule has 0 amide bonds. The Morgan fingerprint density at radius 3 is 2.81 bits per heavy atom. The van der Waals surface area contributed by atoms with Crippen LogP contribution in [0.3, 0.4) is 0 Å². The minimum atomic E-state index is -3.25. The number of guanidine groups is 1. The Labute approximate surface area is 162 Å². The molecule has 0 spiro atoms. The van der Waals surface area contributed by atoms with E-state index >= 15 is 0 Å². The summed E-state index contributed by atoms with van der Waals surface area (Å²) in [7, 11) is -3.25. The molecule has 1 aromatic heterocycles. The lowest BCUT2D eigenvalue weighted by Crippen LogP contribution is -2.47. The summed E-state index contributed by atoms with van der Waals surface area (Å²) in [5, 5.41) is 3.24. The molecule has 1 aromatic rings. The first-order valence-electron chi connectivity index (χ1n) is 10.2. The maximum absolute atomic E-state index is 12.3. The van der Waals surface area contributed by atoms with Gasteiger partial charge in [0.05, 0.1) is 11.5 Å². The van der Waals surface area contributed by atoms with Gasteiger partial charge in [-0.2, -0.15) is 0 Å². The first kappa shape index (κ1) is 20.2. The number of hydrogen-bond acceptors (Lipinski definition) is 4. The molecule has 27 heavy (non-hydrogen) atoms. The number of aliphatic imine (C=N–C) groups is 1. The molecule has 152 valence electrons. The van der Waals surface area contributed by atoms with Gasteiger partial charge in [-0.1, -0.05) is 26.2 Å². The molecule has 0 radical (unpaired) electrons. The molecule has 1 unspecified atom stereocenters. The molecule has 1 aliphatic heterocycles. The summed E-state index contributed by atoms with van der Waals surface area (Å²) in [6.07, 6.45) is 9.17. The first-order chi connectivity index (χ1) is 13.1. The Hall–Kier alpha value is -1.54. The summed E-state index contributed by atoms with van der Waals surface area (Å²) >= 11 is 0. The van der Waals surface area contributed by atoms with Gasteiger partial charge in [0.15, 0.2) is 5.96 Å². The van der Waals surface area contributed by atoms with Crippen molar-refractivity contribution in [3.05, 3.63) is 24.2 Å². The third-order valence-electron chi connectivity index (χ3n) is 5.37.